The molecule has 4 aromatic heterocycles. The number of fused-ring (bicyclic) bond motifs is 5. The summed E-state index contributed by atoms with van der Waals surface area (Å²) in [6.07, 6.45) is 8.13. The van der Waals surface area contributed by atoms with Gasteiger partial charge in [0.25, 0.3) is 5.56 Å². The second-order valence-corrected chi connectivity index (χ2v) is 8.12. The predicted octanol–water partition coefficient (Wildman–Crippen LogP) is 1.90. The van der Waals surface area contributed by atoms with E-state index in [1.165, 1.54) is 5.56 Å². The minimum atomic E-state index is 0.0675. The summed E-state index contributed by atoms with van der Waals surface area (Å²) < 4.78 is 3.77. The van der Waals surface area contributed by atoms with E-state index in [0.717, 1.165) is 43.9 Å². The van der Waals surface area contributed by atoms with E-state index in [4.69, 9.17) is 0 Å². The Balaban J connectivity index is 1.28. The molecular formula is C21H21N7O. The van der Waals surface area contributed by atoms with Crippen molar-refractivity contribution < 1.29 is 0 Å². The molecule has 1 fully saturated rings. The van der Waals surface area contributed by atoms with Crippen LogP contribution in [-0.2, 0) is 13.1 Å². The predicted molar refractivity (Wildman–Crippen MR) is 107 cm³/mol. The molecule has 6 rings (SSSR count). The topological polar surface area (TPSA) is 84.1 Å². The average Bonchev–Trinajstić information content (AvgIpc) is 3.40. The summed E-state index contributed by atoms with van der Waals surface area (Å²) in [5, 5.41) is 4.16. The number of nitrogens with zero attached hydrogens (tertiary/aromatic N) is 6. The first-order chi connectivity index (χ1) is 14.2. The molecule has 2 aliphatic heterocycles. The van der Waals surface area contributed by atoms with Crippen molar-refractivity contribution in [3.05, 3.63) is 70.8 Å². The maximum atomic E-state index is 13.1. The molecule has 146 valence electrons. The van der Waals surface area contributed by atoms with Crippen molar-refractivity contribution in [1.82, 2.24) is 34.0 Å². The first-order valence-corrected chi connectivity index (χ1v) is 9.99. The Labute approximate surface area is 166 Å². The van der Waals surface area contributed by atoms with Gasteiger partial charge in [-0.1, -0.05) is 0 Å². The van der Waals surface area contributed by atoms with Gasteiger partial charge in [-0.2, -0.15) is 5.10 Å². The van der Waals surface area contributed by atoms with Gasteiger partial charge in [0, 0.05) is 56.4 Å². The van der Waals surface area contributed by atoms with E-state index in [9.17, 15) is 4.79 Å². The Morgan fingerprint density at radius 2 is 2.10 bits per heavy atom. The number of aromatic nitrogens is 6. The van der Waals surface area contributed by atoms with E-state index in [1.54, 1.807) is 23.2 Å². The van der Waals surface area contributed by atoms with Gasteiger partial charge in [0.2, 0.25) is 0 Å². The van der Waals surface area contributed by atoms with Crippen LogP contribution in [0.1, 0.15) is 23.6 Å². The number of piperidine rings is 1. The molecule has 0 aromatic carbocycles. The molecule has 8 nitrogen and oxygen atoms in total. The van der Waals surface area contributed by atoms with Crippen molar-refractivity contribution in [1.29, 1.82) is 0 Å². The highest BCUT2D eigenvalue weighted by atomic mass is 16.1. The maximum absolute atomic E-state index is 13.1. The zero-order chi connectivity index (χ0) is 19.4. The Hall–Kier alpha value is -3.26. The third kappa shape index (κ3) is 2.79. The van der Waals surface area contributed by atoms with E-state index < -0.39 is 0 Å². The molecule has 4 aromatic rings. The van der Waals surface area contributed by atoms with Gasteiger partial charge in [0.15, 0.2) is 5.65 Å². The van der Waals surface area contributed by atoms with Crippen LogP contribution in [-0.4, -0.2) is 47.1 Å². The number of pyridine rings is 2. The van der Waals surface area contributed by atoms with Crippen LogP contribution >= 0.6 is 0 Å². The van der Waals surface area contributed by atoms with Crippen molar-refractivity contribution in [2.75, 3.05) is 13.1 Å². The van der Waals surface area contributed by atoms with Gasteiger partial charge in [0.1, 0.15) is 12.2 Å². The molecule has 1 saturated heterocycles. The number of H-pyrrole nitrogens is 1. The molecule has 0 amide bonds. The summed E-state index contributed by atoms with van der Waals surface area (Å²) in [6.45, 7) is 3.64. The van der Waals surface area contributed by atoms with Crippen molar-refractivity contribution >= 4 is 5.65 Å². The molecule has 0 spiro atoms. The lowest BCUT2D eigenvalue weighted by molar-refractivity contribution is 0.114. The fourth-order valence-corrected chi connectivity index (χ4v) is 4.98. The zero-order valence-corrected chi connectivity index (χ0v) is 15.9. The Morgan fingerprint density at radius 1 is 1.14 bits per heavy atom. The van der Waals surface area contributed by atoms with Crippen LogP contribution in [0.3, 0.4) is 0 Å². The molecule has 0 radical (unpaired) electrons. The van der Waals surface area contributed by atoms with E-state index >= 15 is 0 Å². The van der Waals surface area contributed by atoms with E-state index in [-0.39, 0.29) is 5.56 Å². The van der Waals surface area contributed by atoms with Gasteiger partial charge < -0.3 is 9.55 Å². The molecular weight excluding hydrogens is 366 g/mol. The summed E-state index contributed by atoms with van der Waals surface area (Å²) in [5.41, 5.74) is 3.99. The van der Waals surface area contributed by atoms with Crippen LogP contribution < -0.4 is 5.56 Å². The molecule has 0 saturated carbocycles. The quantitative estimate of drug-likeness (QED) is 0.580. The number of nitrogens with one attached hydrogen (secondary N) is 1. The maximum Gasteiger partial charge on any atom is 0.261 e. The minimum absolute atomic E-state index is 0.0675. The molecule has 0 aliphatic carbocycles. The second-order valence-electron chi connectivity index (χ2n) is 8.12. The summed E-state index contributed by atoms with van der Waals surface area (Å²) in [4.78, 5) is 27.2. The molecule has 1 N–H and O–H groups in total. The number of imidazole rings is 1. The molecule has 2 atom stereocenters. The number of hydrogen-bond donors (Lipinski definition) is 1. The lowest BCUT2D eigenvalue weighted by Crippen LogP contribution is -2.47. The summed E-state index contributed by atoms with van der Waals surface area (Å²) in [7, 11) is 0. The third-order valence-electron chi connectivity index (χ3n) is 6.18. The van der Waals surface area contributed by atoms with Gasteiger partial charge in [-0.3, -0.25) is 9.69 Å². The standard InChI is InChI=1S/C21H21N7O/c29-21-17(20-22-4-5-23-20)1-2-18-16-7-15(11-27(18)21)10-26(12-16)9-14-3-6-28-19(8-14)24-13-25-28/h1-6,8,13,15-16H,7,9-12H2,(H,22,23)/t15-,16+/m0/s1. The zero-order valence-electron chi connectivity index (χ0n) is 15.9. The van der Waals surface area contributed by atoms with Crippen LogP contribution in [0.5, 0.6) is 0 Å². The van der Waals surface area contributed by atoms with Gasteiger partial charge in [-0.15, -0.1) is 0 Å². The largest absolute Gasteiger partial charge is 0.344 e. The van der Waals surface area contributed by atoms with Crippen LogP contribution in [0.15, 0.2) is 54.0 Å². The van der Waals surface area contributed by atoms with Crippen LogP contribution in [0.25, 0.3) is 17.0 Å². The lowest BCUT2D eigenvalue weighted by atomic mass is 9.83. The molecule has 2 bridgehead atoms. The average molecular weight is 387 g/mol. The summed E-state index contributed by atoms with van der Waals surface area (Å²) >= 11 is 0. The molecule has 29 heavy (non-hydrogen) atoms. The normalized spacial score (nSPS) is 21.4. The highest BCUT2D eigenvalue weighted by Gasteiger charge is 2.35. The van der Waals surface area contributed by atoms with E-state index in [2.05, 4.69) is 43.1 Å². The lowest BCUT2D eigenvalue weighted by Gasteiger charge is -2.43. The van der Waals surface area contributed by atoms with Gasteiger partial charge in [-0.05, 0) is 42.2 Å². The number of hydrogen-bond acceptors (Lipinski definition) is 5. The highest BCUT2D eigenvalue weighted by Crippen LogP contribution is 2.36. The van der Waals surface area contributed by atoms with Crippen molar-refractivity contribution in [2.24, 2.45) is 5.92 Å². The van der Waals surface area contributed by atoms with Crippen LogP contribution in [0, 0.1) is 5.92 Å². The molecule has 8 heteroatoms. The van der Waals surface area contributed by atoms with Crippen molar-refractivity contribution in [3.63, 3.8) is 0 Å². The van der Waals surface area contributed by atoms with Crippen molar-refractivity contribution in [3.8, 4) is 11.4 Å². The Morgan fingerprint density at radius 3 is 3.00 bits per heavy atom. The summed E-state index contributed by atoms with van der Waals surface area (Å²) in [5.74, 6) is 1.52. The fraction of sp³-hybridized carbons (Fsp3) is 0.333. The van der Waals surface area contributed by atoms with Gasteiger partial charge in [0.05, 0.1) is 5.56 Å². The molecule has 2 aliphatic rings. The molecule has 6 heterocycles. The number of likely N-dealkylation sites (tertiary alicyclic amines) is 1. The van der Waals surface area contributed by atoms with E-state index in [0.29, 0.717) is 23.2 Å². The Bertz CT molecular complexity index is 1240. The van der Waals surface area contributed by atoms with Gasteiger partial charge in [-0.25, -0.2) is 14.5 Å². The van der Waals surface area contributed by atoms with Crippen LogP contribution in [0.2, 0.25) is 0 Å². The molecule has 0 unspecified atom stereocenters. The van der Waals surface area contributed by atoms with E-state index in [1.807, 2.05) is 16.8 Å². The monoisotopic (exact) mass is 387 g/mol. The third-order valence-corrected chi connectivity index (χ3v) is 6.18. The highest BCUT2D eigenvalue weighted by molar-refractivity contribution is 5.53. The first kappa shape index (κ1) is 16.7. The number of aromatic amines is 1. The minimum Gasteiger partial charge on any atom is -0.344 e. The first-order valence-electron chi connectivity index (χ1n) is 9.99. The number of rotatable bonds is 3. The van der Waals surface area contributed by atoms with Crippen LogP contribution in [0.4, 0.5) is 0 Å². The SMILES string of the molecule is O=c1c(-c2ncc[nH]2)ccc2n1C[C@H]1C[C@@H]2CN(Cc2ccn3ncnc3c2)C1. The van der Waals surface area contributed by atoms with Gasteiger partial charge >= 0.3 is 0 Å². The summed E-state index contributed by atoms with van der Waals surface area (Å²) in [6, 6.07) is 8.25. The smallest absolute Gasteiger partial charge is 0.261 e. The Kier molecular flexibility index (Phi) is 3.67. The fourth-order valence-electron chi connectivity index (χ4n) is 4.98. The second kappa shape index (κ2) is 6.38. The van der Waals surface area contributed by atoms with Crippen molar-refractivity contribution in [2.45, 2.75) is 25.4 Å².